The second-order valence-corrected chi connectivity index (χ2v) is 9.32. The quantitative estimate of drug-likeness (QED) is 0.704. The zero-order chi connectivity index (χ0) is 23.8. The van der Waals surface area contributed by atoms with Crippen molar-refractivity contribution >= 4 is 32.2 Å². The molecule has 1 amide bonds. The number of carbonyl (C=O) groups is 1. The fraction of sp³-hybridized carbons (Fsp3) is 0.318. The summed E-state index contributed by atoms with van der Waals surface area (Å²) in [4.78, 5) is 14.7. The molecule has 2 aliphatic heterocycles. The van der Waals surface area contributed by atoms with Gasteiger partial charge >= 0.3 is 6.18 Å². The van der Waals surface area contributed by atoms with Crippen LogP contribution in [0.2, 0.25) is 0 Å². The Morgan fingerprint density at radius 1 is 1.00 bits per heavy atom. The van der Waals surface area contributed by atoms with E-state index in [9.17, 15) is 26.4 Å². The first kappa shape index (κ1) is 23.1. The fourth-order valence-corrected chi connectivity index (χ4v) is 5.52. The molecule has 0 bridgehead atoms. The summed E-state index contributed by atoms with van der Waals surface area (Å²) in [6, 6.07) is 10.8. The summed E-state index contributed by atoms with van der Waals surface area (Å²) in [6.45, 7) is 4.16. The van der Waals surface area contributed by atoms with Crippen molar-refractivity contribution in [3.63, 3.8) is 0 Å². The summed E-state index contributed by atoms with van der Waals surface area (Å²) >= 11 is 0. The fourth-order valence-electron chi connectivity index (χ4n) is 3.82. The number of hydrogen-bond acceptors (Lipinski definition) is 6. The summed E-state index contributed by atoms with van der Waals surface area (Å²) in [5, 5.41) is 2.88. The average molecular weight is 481 g/mol. The highest BCUT2D eigenvalue weighted by atomic mass is 32.2. The van der Waals surface area contributed by atoms with Gasteiger partial charge in [-0.3, -0.25) is 4.79 Å². The molecule has 0 aromatic heterocycles. The van der Waals surface area contributed by atoms with Crippen LogP contribution in [-0.2, 0) is 25.7 Å². The largest absolute Gasteiger partial charge is 0.416 e. The number of halogens is 3. The Morgan fingerprint density at radius 2 is 1.61 bits per heavy atom. The monoisotopic (exact) mass is 481 g/mol. The van der Waals surface area contributed by atoms with Gasteiger partial charge < -0.3 is 15.0 Å². The number of sulfonamides is 1. The van der Waals surface area contributed by atoms with Gasteiger partial charge in [0.05, 0.1) is 18.8 Å². The molecule has 4 rings (SSSR count). The lowest BCUT2D eigenvalue weighted by Gasteiger charge is -2.29. The number of rotatable bonds is 5. The minimum absolute atomic E-state index is 0.000244. The number of amides is 1. The molecule has 176 valence electrons. The molecule has 2 aromatic carbocycles. The number of likely N-dealkylation sites (N-methyl/N-ethyl adjacent to an activating group) is 1. The van der Waals surface area contributed by atoms with E-state index in [0.717, 1.165) is 43.0 Å². The van der Waals surface area contributed by atoms with Gasteiger partial charge in [-0.25, -0.2) is 12.7 Å². The Labute approximate surface area is 189 Å². The first-order valence-electron chi connectivity index (χ1n) is 10.3. The van der Waals surface area contributed by atoms with Crippen LogP contribution in [-0.4, -0.2) is 51.5 Å². The van der Waals surface area contributed by atoms with E-state index >= 15 is 0 Å². The molecule has 0 aliphatic carbocycles. The van der Waals surface area contributed by atoms with Crippen LogP contribution in [0.1, 0.15) is 18.1 Å². The molecule has 1 fully saturated rings. The van der Waals surface area contributed by atoms with Crippen LogP contribution in [0.15, 0.2) is 54.2 Å². The number of nitrogens with one attached hydrogen (secondary N) is 1. The number of morpholine rings is 1. The molecular formula is C22H22F3N3O4S. The van der Waals surface area contributed by atoms with Gasteiger partial charge in [0.15, 0.2) is 0 Å². The Kier molecular flexibility index (Phi) is 6.10. The van der Waals surface area contributed by atoms with Crippen LogP contribution in [0.3, 0.4) is 0 Å². The van der Waals surface area contributed by atoms with E-state index in [4.69, 9.17) is 4.74 Å². The lowest BCUT2D eigenvalue weighted by Crippen LogP contribution is -2.36. The zero-order valence-electron chi connectivity index (χ0n) is 17.7. The third-order valence-corrected chi connectivity index (χ3v) is 7.45. The topological polar surface area (TPSA) is 79.0 Å². The number of anilines is 2. The molecule has 33 heavy (non-hydrogen) atoms. The van der Waals surface area contributed by atoms with Gasteiger partial charge in [-0.15, -0.1) is 0 Å². The predicted molar refractivity (Wildman–Crippen MR) is 118 cm³/mol. The van der Waals surface area contributed by atoms with Gasteiger partial charge in [0.25, 0.3) is 15.9 Å². The van der Waals surface area contributed by atoms with Gasteiger partial charge in [0, 0.05) is 31.0 Å². The molecular weight excluding hydrogens is 459 g/mol. The molecule has 7 nitrogen and oxygen atoms in total. The van der Waals surface area contributed by atoms with E-state index in [1.807, 2.05) is 12.1 Å². The number of carbonyl (C=O) groups excluding carboxylic acids is 1. The van der Waals surface area contributed by atoms with Gasteiger partial charge in [-0.1, -0.05) is 12.1 Å². The highest BCUT2D eigenvalue weighted by Gasteiger charge is 2.44. The molecule has 2 aliphatic rings. The third kappa shape index (κ3) is 4.42. The van der Waals surface area contributed by atoms with Crippen LogP contribution >= 0.6 is 0 Å². The highest BCUT2D eigenvalue weighted by molar-refractivity contribution is 7.99. The van der Waals surface area contributed by atoms with Crippen LogP contribution in [0.5, 0.6) is 0 Å². The maximum Gasteiger partial charge on any atom is 0.416 e. The third-order valence-electron chi connectivity index (χ3n) is 5.49. The van der Waals surface area contributed by atoms with E-state index in [2.05, 4.69) is 10.2 Å². The number of hydrogen-bond donors (Lipinski definition) is 1. The molecule has 0 saturated carbocycles. The molecule has 2 heterocycles. The van der Waals surface area contributed by atoms with Gasteiger partial charge in [-0.2, -0.15) is 13.2 Å². The van der Waals surface area contributed by atoms with Crippen molar-refractivity contribution < 1.29 is 31.1 Å². The molecule has 0 radical (unpaired) electrons. The van der Waals surface area contributed by atoms with Gasteiger partial charge in [-0.05, 0) is 48.9 Å². The first-order valence-corrected chi connectivity index (χ1v) is 11.8. The lowest BCUT2D eigenvalue weighted by atomic mass is 10.1. The molecule has 1 saturated heterocycles. The van der Waals surface area contributed by atoms with E-state index in [1.165, 1.54) is 6.92 Å². The Bertz CT molecular complexity index is 1170. The van der Waals surface area contributed by atoms with Crippen molar-refractivity contribution in [1.29, 1.82) is 0 Å². The zero-order valence-corrected chi connectivity index (χ0v) is 18.5. The highest BCUT2D eigenvalue weighted by Crippen LogP contribution is 2.37. The molecule has 0 spiro atoms. The Morgan fingerprint density at radius 3 is 2.15 bits per heavy atom. The standard InChI is InChI=1S/C22H22F3N3O4S/c1-2-28-21(29)19(26-17-7-9-18(10-8-17)27-11-13-32-14-12-27)20(33(28,30)31)15-3-5-16(6-4-15)22(23,24)25/h3-10,26H,2,11-14H2,1H3. The van der Waals surface area contributed by atoms with Gasteiger partial charge in [0.1, 0.15) is 10.6 Å². The summed E-state index contributed by atoms with van der Waals surface area (Å²) in [5.74, 6) is -0.760. The maximum atomic E-state index is 13.0. The first-order chi connectivity index (χ1) is 15.6. The lowest BCUT2D eigenvalue weighted by molar-refractivity contribution is -0.137. The van der Waals surface area contributed by atoms with E-state index in [-0.39, 0.29) is 22.7 Å². The summed E-state index contributed by atoms with van der Waals surface area (Å²) < 4.78 is 71.0. The van der Waals surface area contributed by atoms with Crippen LogP contribution in [0.4, 0.5) is 24.5 Å². The van der Waals surface area contributed by atoms with E-state index < -0.39 is 27.7 Å². The predicted octanol–water partition coefficient (Wildman–Crippen LogP) is 3.51. The second-order valence-electron chi connectivity index (χ2n) is 7.53. The Hall–Kier alpha value is -3.05. The average Bonchev–Trinajstić information content (AvgIpc) is 2.98. The molecule has 1 N–H and O–H groups in total. The normalized spacial score (nSPS) is 18.7. The molecule has 0 unspecified atom stereocenters. The minimum Gasteiger partial charge on any atom is -0.378 e. The Balaban J connectivity index is 1.70. The van der Waals surface area contributed by atoms with Crippen molar-refractivity contribution in [3.8, 4) is 0 Å². The molecule has 0 atom stereocenters. The summed E-state index contributed by atoms with van der Waals surface area (Å²) in [6.07, 6.45) is -4.56. The van der Waals surface area contributed by atoms with Crippen molar-refractivity contribution in [1.82, 2.24) is 4.31 Å². The van der Waals surface area contributed by atoms with Crippen molar-refractivity contribution in [3.05, 3.63) is 65.4 Å². The number of ether oxygens (including phenoxy) is 1. The number of nitrogens with zero attached hydrogens (tertiary/aromatic N) is 2. The van der Waals surface area contributed by atoms with Crippen LogP contribution in [0, 0.1) is 0 Å². The second kappa shape index (κ2) is 8.71. The van der Waals surface area contributed by atoms with Crippen molar-refractivity contribution in [2.75, 3.05) is 43.1 Å². The van der Waals surface area contributed by atoms with Crippen molar-refractivity contribution in [2.24, 2.45) is 0 Å². The maximum absolute atomic E-state index is 13.0. The molecule has 2 aromatic rings. The van der Waals surface area contributed by atoms with Crippen LogP contribution in [0.25, 0.3) is 4.91 Å². The summed E-state index contributed by atoms with van der Waals surface area (Å²) in [5.41, 5.74) is 0.332. The summed E-state index contributed by atoms with van der Waals surface area (Å²) in [7, 11) is -4.23. The number of benzene rings is 2. The van der Waals surface area contributed by atoms with E-state index in [0.29, 0.717) is 23.2 Å². The smallest absolute Gasteiger partial charge is 0.378 e. The van der Waals surface area contributed by atoms with E-state index in [1.54, 1.807) is 12.1 Å². The van der Waals surface area contributed by atoms with Crippen molar-refractivity contribution in [2.45, 2.75) is 13.1 Å². The number of alkyl halides is 3. The van der Waals surface area contributed by atoms with Gasteiger partial charge in [0.2, 0.25) is 0 Å². The molecule has 11 heteroatoms. The van der Waals surface area contributed by atoms with Crippen LogP contribution < -0.4 is 10.2 Å². The SMILES string of the molecule is CCN1C(=O)C(Nc2ccc(N3CCOCC3)cc2)=C(c2ccc(C(F)(F)F)cc2)S1(=O)=O. The minimum atomic E-state index is -4.56.